The molecule has 1 aromatic carbocycles. The molecule has 110 valence electrons. The summed E-state index contributed by atoms with van der Waals surface area (Å²) in [6.07, 6.45) is 0. The zero-order valence-electron chi connectivity index (χ0n) is 11.6. The maximum atomic E-state index is 11.5. The number of aliphatic hydroxyl groups excluding tert-OH is 1. The topological polar surface area (TPSA) is 64.0 Å². The maximum Gasteiger partial charge on any atom is 0.312 e. The van der Waals surface area contributed by atoms with E-state index in [1.165, 1.54) is 0 Å². The van der Waals surface area contributed by atoms with Crippen LogP contribution in [0.3, 0.4) is 0 Å². The zero-order chi connectivity index (χ0) is 14.4. The minimum absolute atomic E-state index is 0.182. The molecular formula is C15H22N2O3. The summed E-state index contributed by atoms with van der Waals surface area (Å²) in [5.74, 6) is -1.24. The number of hydrogen-bond donors (Lipinski definition) is 2. The van der Waals surface area contributed by atoms with Gasteiger partial charge in [-0.25, -0.2) is 0 Å². The molecule has 0 spiro atoms. The molecule has 1 unspecified atom stereocenters. The number of carboxylic acid groups (broad SMARTS) is 1. The van der Waals surface area contributed by atoms with E-state index in [1.807, 2.05) is 30.3 Å². The molecule has 20 heavy (non-hydrogen) atoms. The predicted molar refractivity (Wildman–Crippen MR) is 76.8 cm³/mol. The second kappa shape index (κ2) is 7.38. The number of β-amino-alcohol motifs (C(OH)–C–C–N with tert-alkyl or cyclic N) is 1. The Hall–Kier alpha value is -1.43. The Labute approximate surface area is 119 Å². The van der Waals surface area contributed by atoms with Crippen LogP contribution in [0.2, 0.25) is 0 Å². The van der Waals surface area contributed by atoms with E-state index in [4.69, 9.17) is 5.11 Å². The van der Waals surface area contributed by atoms with Gasteiger partial charge < -0.3 is 10.2 Å². The Morgan fingerprint density at radius 1 is 1.10 bits per heavy atom. The van der Waals surface area contributed by atoms with E-state index < -0.39 is 11.9 Å². The number of nitrogens with zero attached hydrogens (tertiary/aromatic N) is 2. The van der Waals surface area contributed by atoms with E-state index in [2.05, 4.69) is 9.80 Å². The van der Waals surface area contributed by atoms with Gasteiger partial charge in [0.15, 0.2) is 0 Å². The van der Waals surface area contributed by atoms with Crippen molar-refractivity contribution in [2.75, 3.05) is 45.9 Å². The maximum absolute atomic E-state index is 11.5. The van der Waals surface area contributed by atoms with Crippen molar-refractivity contribution in [1.29, 1.82) is 0 Å². The van der Waals surface area contributed by atoms with Gasteiger partial charge in [0.1, 0.15) is 0 Å². The number of piperazine rings is 1. The third-order valence-corrected chi connectivity index (χ3v) is 3.82. The highest BCUT2D eigenvalue weighted by molar-refractivity contribution is 5.76. The van der Waals surface area contributed by atoms with Crippen LogP contribution >= 0.6 is 0 Å². The van der Waals surface area contributed by atoms with Gasteiger partial charge in [0.25, 0.3) is 0 Å². The van der Waals surface area contributed by atoms with Gasteiger partial charge in [-0.2, -0.15) is 0 Å². The Morgan fingerprint density at radius 2 is 1.70 bits per heavy atom. The lowest BCUT2D eigenvalue weighted by molar-refractivity contribution is -0.139. The predicted octanol–water partition coefficient (Wildman–Crippen LogP) is 0.465. The number of carbonyl (C=O) groups is 1. The summed E-state index contributed by atoms with van der Waals surface area (Å²) >= 11 is 0. The molecule has 1 aliphatic rings. The van der Waals surface area contributed by atoms with Gasteiger partial charge in [-0.05, 0) is 5.56 Å². The lowest BCUT2D eigenvalue weighted by Crippen LogP contribution is -2.48. The number of aliphatic carboxylic acids is 1. The summed E-state index contributed by atoms with van der Waals surface area (Å²) in [4.78, 5) is 15.9. The molecule has 1 aliphatic heterocycles. The molecular weight excluding hydrogens is 256 g/mol. The highest BCUT2D eigenvalue weighted by Gasteiger charge is 2.25. The van der Waals surface area contributed by atoms with Crippen molar-refractivity contribution >= 4 is 5.97 Å². The first-order valence-electron chi connectivity index (χ1n) is 7.04. The molecule has 1 saturated heterocycles. The average molecular weight is 278 g/mol. The zero-order valence-corrected chi connectivity index (χ0v) is 11.6. The number of benzene rings is 1. The van der Waals surface area contributed by atoms with E-state index in [-0.39, 0.29) is 6.61 Å². The molecule has 1 fully saturated rings. The quantitative estimate of drug-likeness (QED) is 0.792. The molecule has 1 heterocycles. The van der Waals surface area contributed by atoms with Gasteiger partial charge in [-0.3, -0.25) is 14.6 Å². The van der Waals surface area contributed by atoms with Crippen molar-refractivity contribution in [3.05, 3.63) is 35.9 Å². The first-order valence-corrected chi connectivity index (χ1v) is 7.04. The van der Waals surface area contributed by atoms with Crippen molar-refractivity contribution in [2.24, 2.45) is 0 Å². The Morgan fingerprint density at radius 3 is 2.25 bits per heavy atom. The Bertz CT molecular complexity index is 416. The third kappa shape index (κ3) is 4.03. The average Bonchev–Trinajstić information content (AvgIpc) is 2.47. The summed E-state index contributed by atoms with van der Waals surface area (Å²) in [5.41, 5.74) is 0.859. The van der Waals surface area contributed by atoms with Gasteiger partial charge in [0.2, 0.25) is 0 Å². The minimum Gasteiger partial charge on any atom is -0.481 e. The fourth-order valence-electron chi connectivity index (χ4n) is 2.61. The SMILES string of the molecule is O=C(O)C(CN1CCN(CCO)CC1)c1ccccc1. The molecule has 2 rings (SSSR count). The summed E-state index contributed by atoms with van der Waals surface area (Å²) in [5, 5.41) is 18.3. The summed E-state index contributed by atoms with van der Waals surface area (Å²) < 4.78 is 0. The normalized spacial score (nSPS) is 18.9. The smallest absolute Gasteiger partial charge is 0.312 e. The lowest BCUT2D eigenvalue weighted by Gasteiger charge is -2.35. The molecule has 1 atom stereocenters. The van der Waals surface area contributed by atoms with Crippen molar-refractivity contribution in [3.63, 3.8) is 0 Å². The summed E-state index contributed by atoms with van der Waals surface area (Å²) in [6, 6.07) is 9.41. The van der Waals surface area contributed by atoms with Gasteiger partial charge in [-0.15, -0.1) is 0 Å². The van der Waals surface area contributed by atoms with Crippen LogP contribution in [0.5, 0.6) is 0 Å². The number of carboxylic acids is 1. The van der Waals surface area contributed by atoms with Crippen LogP contribution in [0.4, 0.5) is 0 Å². The first kappa shape index (κ1) is 15.0. The standard InChI is InChI=1S/C15H22N2O3/c18-11-10-16-6-8-17(9-7-16)12-14(15(19)20)13-4-2-1-3-5-13/h1-5,14,18H,6-12H2,(H,19,20). The molecule has 0 aliphatic carbocycles. The van der Waals surface area contributed by atoms with E-state index in [0.29, 0.717) is 13.1 Å². The molecule has 0 amide bonds. The fourth-order valence-corrected chi connectivity index (χ4v) is 2.61. The third-order valence-electron chi connectivity index (χ3n) is 3.82. The van der Waals surface area contributed by atoms with E-state index in [0.717, 1.165) is 31.7 Å². The molecule has 5 heteroatoms. The van der Waals surface area contributed by atoms with E-state index >= 15 is 0 Å². The molecule has 0 saturated carbocycles. The van der Waals surface area contributed by atoms with Crippen LogP contribution in [-0.2, 0) is 4.79 Å². The fraction of sp³-hybridized carbons (Fsp3) is 0.533. The highest BCUT2D eigenvalue weighted by atomic mass is 16.4. The van der Waals surface area contributed by atoms with Crippen LogP contribution in [0.25, 0.3) is 0 Å². The molecule has 2 N–H and O–H groups in total. The van der Waals surface area contributed by atoms with Crippen molar-refractivity contribution < 1.29 is 15.0 Å². The van der Waals surface area contributed by atoms with Crippen LogP contribution in [0.15, 0.2) is 30.3 Å². The van der Waals surface area contributed by atoms with Gasteiger partial charge in [0, 0.05) is 39.3 Å². The molecule has 0 aromatic heterocycles. The van der Waals surface area contributed by atoms with Crippen molar-refractivity contribution in [2.45, 2.75) is 5.92 Å². The Balaban J connectivity index is 1.92. The minimum atomic E-state index is -0.769. The second-order valence-electron chi connectivity index (χ2n) is 5.17. The van der Waals surface area contributed by atoms with E-state index in [9.17, 15) is 9.90 Å². The molecule has 1 aromatic rings. The molecule has 0 bridgehead atoms. The first-order chi connectivity index (χ1) is 9.70. The number of hydrogen-bond acceptors (Lipinski definition) is 4. The van der Waals surface area contributed by atoms with Gasteiger partial charge in [0.05, 0.1) is 12.5 Å². The number of rotatable bonds is 6. The van der Waals surface area contributed by atoms with Crippen LogP contribution in [0.1, 0.15) is 11.5 Å². The summed E-state index contributed by atoms with van der Waals surface area (Å²) in [6.45, 7) is 4.93. The highest BCUT2D eigenvalue weighted by Crippen LogP contribution is 2.18. The second-order valence-corrected chi connectivity index (χ2v) is 5.17. The Kier molecular flexibility index (Phi) is 5.52. The van der Waals surface area contributed by atoms with Gasteiger partial charge in [-0.1, -0.05) is 30.3 Å². The van der Waals surface area contributed by atoms with Crippen LogP contribution < -0.4 is 0 Å². The molecule has 0 radical (unpaired) electrons. The summed E-state index contributed by atoms with van der Waals surface area (Å²) in [7, 11) is 0. The molecule has 5 nitrogen and oxygen atoms in total. The lowest BCUT2D eigenvalue weighted by atomic mass is 9.98. The van der Waals surface area contributed by atoms with Crippen molar-refractivity contribution in [3.8, 4) is 0 Å². The van der Waals surface area contributed by atoms with Crippen LogP contribution in [-0.4, -0.2) is 71.9 Å². The monoisotopic (exact) mass is 278 g/mol. The van der Waals surface area contributed by atoms with Crippen molar-refractivity contribution in [1.82, 2.24) is 9.80 Å². The largest absolute Gasteiger partial charge is 0.481 e. The van der Waals surface area contributed by atoms with Gasteiger partial charge >= 0.3 is 5.97 Å². The number of aliphatic hydroxyl groups is 1. The van der Waals surface area contributed by atoms with E-state index in [1.54, 1.807) is 0 Å². The van der Waals surface area contributed by atoms with Crippen LogP contribution in [0, 0.1) is 0 Å².